The maximum Gasteiger partial charge on any atom is 0.126 e. The average molecular weight is 294 g/mol. The van der Waals surface area contributed by atoms with E-state index in [9.17, 15) is 9.50 Å². The van der Waals surface area contributed by atoms with Crippen molar-refractivity contribution in [1.29, 1.82) is 0 Å². The van der Waals surface area contributed by atoms with Gasteiger partial charge in [-0.05, 0) is 46.2 Å². The van der Waals surface area contributed by atoms with Crippen LogP contribution in [0.2, 0.25) is 0 Å². The van der Waals surface area contributed by atoms with Crippen molar-refractivity contribution in [2.45, 2.75) is 58.2 Å². The highest BCUT2D eigenvalue weighted by Gasteiger charge is 2.25. The van der Waals surface area contributed by atoms with Crippen LogP contribution in [0.4, 0.5) is 4.39 Å². The summed E-state index contributed by atoms with van der Waals surface area (Å²) < 4.78 is 13.2. The van der Waals surface area contributed by atoms with Crippen LogP contribution in [0.1, 0.15) is 51.6 Å². The van der Waals surface area contributed by atoms with Crippen molar-refractivity contribution in [3.63, 3.8) is 0 Å². The smallest absolute Gasteiger partial charge is 0.126 e. The van der Waals surface area contributed by atoms with Crippen LogP contribution >= 0.6 is 0 Å². The van der Waals surface area contributed by atoms with Crippen LogP contribution in [0.25, 0.3) is 0 Å². The third kappa shape index (κ3) is 4.17. The van der Waals surface area contributed by atoms with E-state index < -0.39 is 5.82 Å². The van der Waals surface area contributed by atoms with Crippen molar-refractivity contribution >= 4 is 0 Å². The number of rotatable bonds is 5. The lowest BCUT2D eigenvalue weighted by Crippen LogP contribution is -2.46. The molecule has 0 spiro atoms. The number of hydrogen-bond donors (Lipinski definition) is 2. The van der Waals surface area contributed by atoms with E-state index in [1.807, 2.05) is 0 Å². The number of benzene rings is 1. The molecule has 0 bridgehead atoms. The van der Waals surface area contributed by atoms with Crippen LogP contribution in [-0.2, 0) is 0 Å². The molecule has 0 aliphatic carbocycles. The summed E-state index contributed by atoms with van der Waals surface area (Å²) in [6.45, 7) is 8.46. The van der Waals surface area contributed by atoms with Gasteiger partial charge in [-0.3, -0.25) is 4.90 Å². The number of phenols is 1. The topological polar surface area (TPSA) is 35.5 Å². The fourth-order valence-electron chi connectivity index (χ4n) is 3.20. The van der Waals surface area contributed by atoms with Crippen LogP contribution in [0.3, 0.4) is 0 Å². The lowest BCUT2D eigenvalue weighted by molar-refractivity contribution is 0.136. The molecular formula is C17H27FN2O. The van der Waals surface area contributed by atoms with Crippen LogP contribution in [0.5, 0.6) is 5.75 Å². The highest BCUT2D eigenvalue weighted by atomic mass is 19.1. The SMILES string of the molecule is CC(C)N(CC1CCCCN1)C(C)c1ccc(F)cc1O. The fraction of sp³-hybridized carbons (Fsp3) is 0.647. The molecule has 1 saturated heterocycles. The molecule has 0 amide bonds. The molecule has 1 aliphatic rings. The summed E-state index contributed by atoms with van der Waals surface area (Å²) in [6.07, 6.45) is 3.73. The Balaban J connectivity index is 2.12. The molecule has 2 atom stereocenters. The van der Waals surface area contributed by atoms with Gasteiger partial charge < -0.3 is 10.4 Å². The second-order valence-corrected chi connectivity index (χ2v) is 6.32. The van der Waals surface area contributed by atoms with Gasteiger partial charge in [0.15, 0.2) is 0 Å². The van der Waals surface area contributed by atoms with E-state index in [-0.39, 0.29) is 11.8 Å². The number of nitrogens with one attached hydrogen (secondary N) is 1. The molecule has 2 rings (SSSR count). The minimum Gasteiger partial charge on any atom is -0.508 e. The molecule has 2 N–H and O–H groups in total. The number of halogens is 1. The van der Waals surface area contributed by atoms with Crippen LogP contribution < -0.4 is 5.32 Å². The molecule has 1 aliphatic heterocycles. The van der Waals surface area contributed by atoms with Gasteiger partial charge in [-0.2, -0.15) is 0 Å². The highest BCUT2D eigenvalue weighted by Crippen LogP contribution is 2.30. The molecule has 3 nitrogen and oxygen atoms in total. The number of aromatic hydroxyl groups is 1. The first kappa shape index (κ1) is 16.2. The van der Waals surface area contributed by atoms with Gasteiger partial charge in [0.05, 0.1) is 0 Å². The van der Waals surface area contributed by atoms with E-state index >= 15 is 0 Å². The van der Waals surface area contributed by atoms with E-state index in [1.165, 1.54) is 31.4 Å². The van der Waals surface area contributed by atoms with Gasteiger partial charge in [-0.25, -0.2) is 4.39 Å². The highest BCUT2D eigenvalue weighted by molar-refractivity contribution is 5.35. The van der Waals surface area contributed by atoms with Gasteiger partial charge in [0.25, 0.3) is 0 Å². The van der Waals surface area contributed by atoms with Crippen LogP contribution in [0.15, 0.2) is 18.2 Å². The Morgan fingerprint density at radius 2 is 2.10 bits per heavy atom. The lowest BCUT2D eigenvalue weighted by Gasteiger charge is -2.37. The minimum atomic E-state index is -0.395. The number of piperidine rings is 1. The molecule has 0 aromatic heterocycles. The second-order valence-electron chi connectivity index (χ2n) is 6.32. The summed E-state index contributed by atoms with van der Waals surface area (Å²) in [5.74, 6) is -0.349. The third-order valence-corrected chi connectivity index (χ3v) is 4.45. The Morgan fingerprint density at radius 1 is 1.33 bits per heavy atom. The third-order valence-electron chi connectivity index (χ3n) is 4.45. The zero-order valence-corrected chi connectivity index (χ0v) is 13.3. The Hall–Kier alpha value is -1.13. The Bertz CT molecular complexity index is 458. The van der Waals surface area contributed by atoms with Gasteiger partial charge in [0, 0.05) is 36.3 Å². The summed E-state index contributed by atoms with van der Waals surface area (Å²) in [6, 6.07) is 5.25. The van der Waals surface area contributed by atoms with Crippen molar-refractivity contribution < 1.29 is 9.50 Å². The lowest BCUT2D eigenvalue weighted by atomic mass is 10.00. The zero-order chi connectivity index (χ0) is 15.4. The zero-order valence-electron chi connectivity index (χ0n) is 13.3. The second kappa shape index (κ2) is 7.23. The summed E-state index contributed by atoms with van der Waals surface area (Å²) in [5.41, 5.74) is 0.793. The monoisotopic (exact) mass is 294 g/mol. The first-order valence-corrected chi connectivity index (χ1v) is 7.96. The summed E-state index contributed by atoms with van der Waals surface area (Å²) in [5, 5.41) is 13.6. The number of phenolic OH excluding ortho intramolecular Hbond substituents is 1. The van der Waals surface area contributed by atoms with E-state index in [4.69, 9.17) is 0 Å². The van der Waals surface area contributed by atoms with Crippen LogP contribution in [0, 0.1) is 5.82 Å². The normalized spacial score (nSPS) is 21.0. The largest absolute Gasteiger partial charge is 0.508 e. The Morgan fingerprint density at radius 3 is 2.67 bits per heavy atom. The minimum absolute atomic E-state index is 0.0461. The molecule has 1 heterocycles. The molecule has 1 aromatic carbocycles. The van der Waals surface area contributed by atoms with Crippen molar-refractivity contribution in [2.75, 3.05) is 13.1 Å². The number of nitrogens with zero attached hydrogens (tertiary/aromatic N) is 1. The Labute approximate surface area is 127 Å². The maximum absolute atomic E-state index is 13.2. The molecule has 0 saturated carbocycles. The Kier molecular flexibility index (Phi) is 5.59. The molecular weight excluding hydrogens is 267 g/mol. The first-order valence-electron chi connectivity index (χ1n) is 7.96. The molecule has 21 heavy (non-hydrogen) atoms. The summed E-state index contributed by atoms with van der Waals surface area (Å²) >= 11 is 0. The molecule has 1 aromatic rings. The maximum atomic E-state index is 13.2. The number of hydrogen-bond acceptors (Lipinski definition) is 3. The van der Waals surface area contributed by atoms with Crippen molar-refractivity contribution in [2.24, 2.45) is 0 Å². The average Bonchev–Trinajstić information content (AvgIpc) is 2.45. The van der Waals surface area contributed by atoms with E-state index in [1.54, 1.807) is 6.07 Å². The van der Waals surface area contributed by atoms with Gasteiger partial charge in [-0.1, -0.05) is 12.5 Å². The predicted molar refractivity (Wildman–Crippen MR) is 84.0 cm³/mol. The quantitative estimate of drug-likeness (QED) is 0.873. The molecule has 1 fully saturated rings. The van der Waals surface area contributed by atoms with Gasteiger partial charge in [-0.15, -0.1) is 0 Å². The van der Waals surface area contributed by atoms with Crippen molar-refractivity contribution in [1.82, 2.24) is 10.2 Å². The van der Waals surface area contributed by atoms with E-state index in [2.05, 4.69) is 31.0 Å². The van der Waals surface area contributed by atoms with Crippen molar-refractivity contribution in [3.8, 4) is 5.75 Å². The van der Waals surface area contributed by atoms with E-state index in [0.29, 0.717) is 12.1 Å². The predicted octanol–water partition coefficient (Wildman–Crippen LogP) is 3.44. The van der Waals surface area contributed by atoms with Gasteiger partial charge in [0.2, 0.25) is 0 Å². The summed E-state index contributed by atoms with van der Waals surface area (Å²) in [7, 11) is 0. The van der Waals surface area contributed by atoms with Crippen molar-refractivity contribution in [3.05, 3.63) is 29.6 Å². The summed E-state index contributed by atoms with van der Waals surface area (Å²) in [4.78, 5) is 2.37. The first-order chi connectivity index (χ1) is 9.99. The molecule has 0 radical (unpaired) electrons. The molecule has 118 valence electrons. The van der Waals surface area contributed by atoms with Gasteiger partial charge in [0.1, 0.15) is 11.6 Å². The fourth-order valence-corrected chi connectivity index (χ4v) is 3.20. The van der Waals surface area contributed by atoms with E-state index in [0.717, 1.165) is 18.7 Å². The van der Waals surface area contributed by atoms with Crippen LogP contribution in [-0.4, -0.2) is 35.2 Å². The molecule has 2 unspecified atom stereocenters. The molecule has 4 heteroatoms. The van der Waals surface area contributed by atoms with Gasteiger partial charge >= 0.3 is 0 Å². The standard InChI is InChI=1S/C17H27FN2O/c1-12(2)20(11-15-6-4-5-9-19-15)13(3)16-8-7-14(18)10-17(16)21/h7-8,10,12-13,15,19,21H,4-6,9,11H2,1-3H3.